The maximum absolute atomic E-state index is 12.8. The van der Waals surface area contributed by atoms with E-state index in [0.29, 0.717) is 50.4 Å². The Morgan fingerprint density at radius 2 is 2.04 bits per heavy atom. The highest BCUT2D eigenvalue weighted by atomic mass is 32.2. The zero-order chi connectivity index (χ0) is 17.7. The molecule has 1 saturated heterocycles. The molecule has 0 spiro atoms. The van der Waals surface area contributed by atoms with E-state index in [1.807, 2.05) is 6.92 Å². The smallest absolute Gasteiger partial charge is 0.251 e. The van der Waals surface area contributed by atoms with Crippen LogP contribution in [0.5, 0.6) is 0 Å². The molecule has 1 fully saturated rings. The minimum atomic E-state index is -3.63. The van der Waals surface area contributed by atoms with Crippen LogP contribution in [0.25, 0.3) is 0 Å². The lowest BCUT2D eigenvalue weighted by atomic mass is 10.1. The summed E-state index contributed by atoms with van der Waals surface area (Å²) in [5.41, 5.74) is 6.60. The number of aryl methyl sites for hydroxylation is 1. The van der Waals surface area contributed by atoms with Gasteiger partial charge in [-0.3, -0.25) is 4.79 Å². The lowest BCUT2D eigenvalue weighted by Gasteiger charge is -2.26. The van der Waals surface area contributed by atoms with Crippen molar-refractivity contribution in [2.24, 2.45) is 5.73 Å². The summed E-state index contributed by atoms with van der Waals surface area (Å²) in [5, 5.41) is 2.76. The molecule has 1 aromatic rings. The Balaban J connectivity index is 2.20. The predicted octanol–water partition coefficient (Wildman–Crippen LogP) is 0.483. The van der Waals surface area contributed by atoms with Gasteiger partial charge in [-0.05, 0) is 38.0 Å². The van der Waals surface area contributed by atoms with E-state index < -0.39 is 10.0 Å². The van der Waals surface area contributed by atoms with Crippen LogP contribution in [-0.4, -0.2) is 57.5 Å². The van der Waals surface area contributed by atoms with E-state index in [4.69, 9.17) is 10.5 Å². The molecule has 0 bridgehead atoms. The Bertz CT molecular complexity index is 683. The van der Waals surface area contributed by atoms with Crippen molar-refractivity contribution in [3.8, 4) is 0 Å². The molecular weight excluding hydrogens is 330 g/mol. The van der Waals surface area contributed by atoms with Crippen LogP contribution in [0.3, 0.4) is 0 Å². The lowest BCUT2D eigenvalue weighted by Crippen LogP contribution is -2.41. The van der Waals surface area contributed by atoms with Gasteiger partial charge >= 0.3 is 0 Å². The summed E-state index contributed by atoms with van der Waals surface area (Å²) in [7, 11) is -3.63. The second kappa shape index (κ2) is 8.06. The highest BCUT2D eigenvalue weighted by Gasteiger charge is 2.28. The van der Waals surface area contributed by atoms with Gasteiger partial charge in [0.05, 0.1) is 18.1 Å². The largest absolute Gasteiger partial charge is 0.379 e. The monoisotopic (exact) mass is 355 g/mol. The highest BCUT2D eigenvalue weighted by Crippen LogP contribution is 2.22. The van der Waals surface area contributed by atoms with Gasteiger partial charge < -0.3 is 15.8 Å². The van der Waals surface area contributed by atoms with Crippen LogP contribution >= 0.6 is 0 Å². The molecule has 1 unspecified atom stereocenters. The van der Waals surface area contributed by atoms with Gasteiger partial charge in [0.2, 0.25) is 10.0 Å². The minimum absolute atomic E-state index is 0.000534. The number of nitrogens with two attached hydrogens (primary N) is 1. The fraction of sp³-hybridized carbons (Fsp3) is 0.562. The molecule has 1 aliphatic heterocycles. The first kappa shape index (κ1) is 18.9. The maximum atomic E-state index is 12.8. The van der Waals surface area contributed by atoms with Crippen molar-refractivity contribution in [3.63, 3.8) is 0 Å². The molecule has 7 nitrogen and oxygen atoms in total. The molecule has 1 aromatic carbocycles. The predicted molar refractivity (Wildman–Crippen MR) is 91.4 cm³/mol. The van der Waals surface area contributed by atoms with E-state index in [9.17, 15) is 13.2 Å². The second-order valence-electron chi connectivity index (χ2n) is 6.02. The summed E-state index contributed by atoms with van der Waals surface area (Å²) in [6, 6.07) is 4.74. The number of nitrogens with one attached hydrogen (secondary N) is 1. The van der Waals surface area contributed by atoms with Crippen LogP contribution in [-0.2, 0) is 14.8 Å². The number of carbonyl (C=O) groups is 1. The third kappa shape index (κ3) is 4.54. The average molecular weight is 355 g/mol. The molecule has 1 atom stereocenters. The topological polar surface area (TPSA) is 102 Å². The van der Waals surface area contributed by atoms with Gasteiger partial charge in [-0.15, -0.1) is 0 Å². The van der Waals surface area contributed by atoms with E-state index in [1.54, 1.807) is 19.1 Å². The maximum Gasteiger partial charge on any atom is 0.251 e. The fourth-order valence-corrected chi connectivity index (χ4v) is 4.12. The first-order chi connectivity index (χ1) is 11.3. The van der Waals surface area contributed by atoms with Crippen molar-refractivity contribution in [2.75, 3.05) is 32.8 Å². The Hall–Kier alpha value is -1.48. The van der Waals surface area contributed by atoms with Gasteiger partial charge in [0.25, 0.3) is 5.91 Å². The van der Waals surface area contributed by atoms with Crippen LogP contribution in [0.1, 0.15) is 29.3 Å². The van der Waals surface area contributed by atoms with Gasteiger partial charge in [0, 0.05) is 31.2 Å². The summed E-state index contributed by atoms with van der Waals surface area (Å²) < 4.78 is 32.2. The zero-order valence-electron chi connectivity index (χ0n) is 14.1. The number of benzene rings is 1. The van der Waals surface area contributed by atoms with Gasteiger partial charge in [-0.1, -0.05) is 6.07 Å². The van der Waals surface area contributed by atoms with E-state index in [2.05, 4.69) is 5.32 Å². The van der Waals surface area contributed by atoms with Crippen molar-refractivity contribution in [1.82, 2.24) is 9.62 Å². The molecule has 134 valence electrons. The number of sulfonamides is 1. The standard InChI is InChI=1S/C16H25N3O4S/c1-12-3-4-14(16(20)18-6-5-13(2)17)11-15(12)24(21,22)19-7-9-23-10-8-19/h3-4,11,13H,5-10,17H2,1-2H3,(H,18,20). The zero-order valence-corrected chi connectivity index (χ0v) is 14.9. The van der Waals surface area contributed by atoms with Crippen molar-refractivity contribution >= 4 is 15.9 Å². The van der Waals surface area contributed by atoms with Crippen molar-refractivity contribution in [3.05, 3.63) is 29.3 Å². The fourth-order valence-electron chi connectivity index (χ4n) is 2.46. The number of carbonyl (C=O) groups excluding carboxylic acids is 1. The Kier molecular flexibility index (Phi) is 6.34. The number of nitrogens with zero attached hydrogens (tertiary/aromatic N) is 1. The normalized spacial score (nSPS) is 17.5. The number of hydrogen-bond donors (Lipinski definition) is 2. The first-order valence-electron chi connectivity index (χ1n) is 8.04. The number of ether oxygens (including phenoxy) is 1. The van der Waals surface area contributed by atoms with Gasteiger partial charge in [0.15, 0.2) is 0 Å². The molecule has 0 aliphatic carbocycles. The van der Waals surface area contributed by atoms with Crippen LogP contribution in [0, 0.1) is 6.92 Å². The third-order valence-corrected chi connectivity index (χ3v) is 5.96. The Morgan fingerprint density at radius 1 is 1.38 bits per heavy atom. The van der Waals surface area contributed by atoms with E-state index in [0.717, 1.165) is 0 Å². The van der Waals surface area contributed by atoms with Crippen LogP contribution < -0.4 is 11.1 Å². The van der Waals surface area contributed by atoms with Crippen molar-refractivity contribution in [2.45, 2.75) is 31.2 Å². The van der Waals surface area contributed by atoms with E-state index in [-0.39, 0.29) is 16.8 Å². The SMILES string of the molecule is Cc1ccc(C(=O)NCCC(C)N)cc1S(=O)(=O)N1CCOCC1. The summed E-state index contributed by atoms with van der Waals surface area (Å²) in [6.45, 7) is 5.47. The number of rotatable bonds is 6. The third-order valence-electron chi connectivity index (χ3n) is 3.92. The molecule has 24 heavy (non-hydrogen) atoms. The van der Waals surface area contributed by atoms with Crippen LogP contribution in [0.15, 0.2) is 23.1 Å². The summed E-state index contributed by atoms with van der Waals surface area (Å²) >= 11 is 0. The summed E-state index contributed by atoms with van der Waals surface area (Å²) in [6.07, 6.45) is 0.663. The first-order valence-corrected chi connectivity index (χ1v) is 9.48. The Labute approximate surface area is 143 Å². The molecule has 0 aromatic heterocycles. The summed E-state index contributed by atoms with van der Waals surface area (Å²) in [4.78, 5) is 12.4. The molecule has 2 rings (SSSR count). The molecule has 0 saturated carbocycles. The van der Waals surface area contributed by atoms with Gasteiger partial charge in [-0.25, -0.2) is 8.42 Å². The van der Waals surface area contributed by atoms with Crippen LogP contribution in [0.2, 0.25) is 0 Å². The molecular formula is C16H25N3O4S. The molecule has 3 N–H and O–H groups in total. The van der Waals surface area contributed by atoms with Crippen molar-refractivity contribution < 1.29 is 17.9 Å². The van der Waals surface area contributed by atoms with Gasteiger partial charge in [-0.2, -0.15) is 4.31 Å². The number of morpholine rings is 1. The lowest BCUT2D eigenvalue weighted by molar-refractivity contribution is 0.0730. The molecule has 0 radical (unpaired) electrons. The molecule has 1 heterocycles. The summed E-state index contributed by atoms with van der Waals surface area (Å²) in [5.74, 6) is -0.297. The number of amides is 1. The molecule has 8 heteroatoms. The molecule has 1 amide bonds. The quantitative estimate of drug-likeness (QED) is 0.773. The molecule has 1 aliphatic rings. The van der Waals surface area contributed by atoms with Crippen molar-refractivity contribution in [1.29, 1.82) is 0 Å². The number of hydrogen-bond acceptors (Lipinski definition) is 5. The van der Waals surface area contributed by atoms with Gasteiger partial charge in [0.1, 0.15) is 0 Å². The average Bonchev–Trinajstić information content (AvgIpc) is 2.55. The van der Waals surface area contributed by atoms with E-state index >= 15 is 0 Å². The van der Waals surface area contributed by atoms with Crippen LogP contribution in [0.4, 0.5) is 0 Å². The Morgan fingerprint density at radius 3 is 2.67 bits per heavy atom. The highest BCUT2D eigenvalue weighted by molar-refractivity contribution is 7.89. The minimum Gasteiger partial charge on any atom is -0.379 e. The van der Waals surface area contributed by atoms with E-state index in [1.165, 1.54) is 10.4 Å². The second-order valence-corrected chi connectivity index (χ2v) is 7.92.